The third kappa shape index (κ3) is 1.38. The molecular weight excluding hydrogens is 184 g/mol. The van der Waals surface area contributed by atoms with Gasteiger partial charge in [0.1, 0.15) is 0 Å². The summed E-state index contributed by atoms with van der Waals surface area (Å²) in [5, 5.41) is 1.99. The number of imide groups is 2. The van der Waals surface area contributed by atoms with E-state index in [0.29, 0.717) is 12.8 Å². The van der Waals surface area contributed by atoms with E-state index in [-0.39, 0.29) is 0 Å². The van der Waals surface area contributed by atoms with Crippen LogP contribution >= 0.6 is 0 Å². The summed E-state index contributed by atoms with van der Waals surface area (Å²) in [5.41, 5.74) is -0.562. The topological polar surface area (TPSA) is 66.5 Å². The van der Waals surface area contributed by atoms with E-state index in [0.717, 1.165) is 4.90 Å². The van der Waals surface area contributed by atoms with Gasteiger partial charge < -0.3 is 0 Å². The molecule has 1 N–H and O–H groups in total. The first kappa shape index (κ1) is 10.7. The maximum absolute atomic E-state index is 11.4. The second-order valence-electron chi connectivity index (χ2n) is 3.60. The van der Waals surface area contributed by atoms with E-state index in [1.165, 1.54) is 0 Å². The molecule has 0 aliphatic carbocycles. The van der Waals surface area contributed by atoms with Crippen molar-refractivity contribution in [1.29, 1.82) is 0 Å². The van der Waals surface area contributed by atoms with Crippen molar-refractivity contribution in [2.24, 2.45) is 0 Å². The third-order valence-corrected chi connectivity index (χ3v) is 2.88. The highest BCUT2D eigenvalue weighted by atomic mass is 16.2. The molecule has 1 saturated heterocycles. The number of amides is 4. The summed E-state index contributed by atoms with van der Waals surface area (Å²) in [4.78, 5) is 34.7. The van der Waals surface area contributed by atoms with Gasteiger partial charge in [0.2, 0.25) is 0 Å². The van der Waals surface area contributed by atoms with Gasteiger partial charge in [-0.25, -0.2) is 9.69 Å². The lowest BCUT2D eigenvalue weighted by molar-refractivity contribution is -0.142. The van der Waals surface area contributed by atoms with Crippen LogP contribution in [0.4, 0.5) is 4.79 Å². The smallest absolute Gasteiger partial charge is 0.269 e. The summed E-state index contributed by atoms with van der Waals surface area (Å²) in [6, 6.07) is -0.605. The highest BCUT2D eigenvalue weighted by molar-refractivity contribution is 6.45. The number of carbonyl (C=O) groups excluding carboxylic acids is 3. The molecule has 1 rings (SSSR count). The summed E-state index contributed by atoms with van der Waals surface area (Å²) >= 11 is 0. The van der Waals surface area contributed by atoms with Gasteiger partial charge >= 0.3 is 17.8 Å². The molecule has 1 aliphatic rings. The second kappa shape index (κ2) is 3.40. The average Bonchev–Trinajstić information content (AvgIpc) is 2.41. The van der Waals surface area contributed by atoms with Gasteiger partial charge in [-0.1, -0.05) is 13.8 Å². The van der Waals surface area contributed by atoms with E-state index >= 15 is 0 Å². The molecule has 0 radical (unpaired) electrons. The fraction of sp³-hybridized carbons (Fsp3) is 0.667. The van der Waals surface area contributed by atoms with Crippen LogP contribution < -0.4 is 5.32 Å². The molecule has 0 spiro atoms. The Morgan fingerprint density at radius 3 is 2.00 bits per heavy atom. The van der Waals surface area contributed by atoms with Crippen LogP contribution in [0.1, 0.15) is 33.6 Å². The van der Waals surface area contributed by atoms with Crippen molar-refractivity contribution < 1.29 is 14.4 Å². The summed E-state index contributed by atoms with van der Waals surface area (Å²) in [6.07, 6.45) is 1.27. The number of urea groups is 1. The predicted molar refractivity (Wildman–Crippen MR) is 49.4 cm³/mol. The molecule has 5 heteroatoms. The Morgan fingerprint density at radius 2 is 1.71 bits per heavy atom. The number of carbonyl (C=O) groups is 3. The van der Waals surface area contributed by atoms with Crippen LogP contribution in [0, 0.1) is 0 Å². The van der Waals surface area contributed by atoms with Crippen LogP contribution in [-0.4, -0.2) is 28.3 Å². The molecule has 1 heterocycles. The van der Waals surface area contributed by atoms with Crippen molar-refractivity contribution in [3.05, 3.63) is 0 Å². The molecule has 0 aromatic rings. The second-order valence-corrected chi connectivity index (χ2v) is 3.60. The zero-order chi connectivity index (χ0) is 10.9. The van der Waals surface area contributed by atoms with Gasteiger partial charge in [0.15, 0.2) is 0 Å². The molecule has 0 bridgehead atoms. The van der Waals surface area contributed by atoms with Gasteiger partial charge in [0.05, 0.1) is 0 Å². The van der Waals surface area contributed by atoms with Crippen LogP contribution in [0.5, 0.6) is 0 Å². The normalized spacial score (nSPS) is 17.6. The molecule has 78 valence electrons. The van der Waals surface area contributed by atoms with Crippen molar-refractivity contribution in [2.45, 2.75) is 39.2 Å². The van der Waals surface area contributed by atoms with Crippen molar-refractivity contribution in [1.82, 2.24) is 10.2 Å². The number of rotatable bonds is 3. The molecule has 0 saturated carbocycles. The zero-order valence-electron chi connectivity index (χ0n) is 8.59. The van der Waals surface area contributed by atoms with Gasteiger partial charge in [-0.15, -0.1) is 0 Å². The third-order valence-electron chi connectivity index (χ3n) is 2.88. The molecule has 5 nitrogen and oxygen atoms in total. The first-order valence-corrected chi connectivity index (χ1v) is 4.65. The highest BCUT2D eigenvalue weighted by Crippen LogP contribution is 2.25. The fourth-order valence-corrected chi connectivity index (χ4v) is 1.46. The maximum Gasteiger partial charge on any atom is 0.332 e. The Morgan fingerprint density at radius 1 is 1.21 bits per heavy atom. The standard InChI is InChI=1S/C9H14N2O3/c1-4-9(3,5-2)11-7(13)6(12)10-8(11)14/h4-5H2,1-3H3,(H,10,12,14). The monoisotopic (exact) mass is 198 g/mol. The maximum atomic E-state index is 11.4. The van der Waals surface area contributed by atoms with Gasteiger partial charge in [-0.2, -0.15) is 0 Å². The Kier molecular flexibility index (Phi) is 2.59. The summed E-state index contributed by atoms with van der Waals surface area (Å²) in [7, 11) is 0. The Bertz CT molecular complexity index is 294. The fourth-order valence-electron chi connectivity index (χ4n) is 1.46. The van der Waals surface area contributed by atoms with Gasteiger partial charge in [-0.05, 0) is 19.8 Å². The minimum atomic E-state index is -0.830. The largest absolute Gasteiger partial charge is 0.332 e. The average molecular weight is 198 g/mol. The lowest BCUT2D eigenvalue weighted by Crippen LogP contribution is -2.49. The first-order chi connectivity index (χ1) is 6.46. The summed E-state index contributed by atoms with van der Waals surface area (Å²) < 4.78 is 0. The SMILES string of the molecule is CCC(C)(CC)N1C(=O)NC(=O)C1=O. The minimum Gasteiger partial charge on any atom is -0.269 e. The lowest BCUT2D eigenvalue weighted by atomic mass is 9.93. The number of nitrogens with zero attached hydrogens (tertiary/aromatic N) is 1. The summed E-state index contributed by atoms with van der Waals surface area (Å²) in [6.45, 7) is 5.56. The molecule has 0 aromatic carbocycles. The molecule has 0 unspecified atom stereocenters. The van der Waals surface area contributed by atoms with Crippen LogP contribution in [0.2, 0.25) is 0 Å². The quantitative estimate of drug-likeness (QED) is 0.534. The van der Waals surface area contributed by atoms with Crippen LogP contribution in [0.25, 0.3) is 0 Å². The van der Waals surface area contributed by atoms with E-state index in [1.807, 2.05) is 19.2 Å². The lowest BCUT2D eigenvalue weighted by Gasteiger charge is -2.34. The Labute approximate surface area is 82.4 Å². The molecular formula is C9H14N2O3. The predicted octanol–water partition coefficient (Wildman–Crippen LogP) is 0.643. The van der Waals surface area contributed by atoms with Gasteiger partial charge in [0.25, 0.3) is 0 Å². The Balaban J connectivity index is 3.02. The van der Waals surface area contributed by atoms with Crippen molar-refractivity contribution in [2.75, 3.05) is 0 Å². The van der Waals surface area contributed by atoms with Crippen molar-refractivity contribution in [3.8, 4) is 0 Å². The number of hydrogen-bond donors (Lipinski definition) is 1. The minimum absolute atomic E-state index is 0.562. The van der Waals surface area contributed by atoms with E-state index in [4.69, 9.17) is 0 Å². The van der Waals surface area contributed by atoms with Crippen LogP contribution in [-0.2, 0) is 9.59 Å². The number of hydrogen-bond acceptors (Lipinski definition) is 3. The number of nitrogens with one attached hydrogen (secondary N) is 1. The zero-order valence-corrected chi connectivity index (χ0v) is 8.59. The Hall–Kier alpha value is -1.39. The molecule has 0 atom stereocenters. The van der Waals surface area contributed by atoms with Crippen LogP contribution in [0.15, 0.2) is 0 Å². The van der Waals surface area contributed by atoms with Crippen LogP contribution in [0.3, 0.4) is 0 Å². The summed E-state index contributed by atoms with van der Waals surface area (Å²) in [5.74, 6) is -1.58. The molecule has 0 aromatic heterocycles. The van der Waals surface area contributed by atoms with E-state index in [2.05, 4.69) is 0 Å². The highest BCUT2D eigenvalue weighted by Gasteiger charge is 2.45. The van der Waals surface area contributed by atoms with Crippen molar-refractivity contribution in [3.63, 3.8) is 0 Å². The van der Waals surface area contributed by atoms with E-state index in [9.17, 15) is 14.4 Å². The first-order valence-electron chi connectivity index (χ1n) is 4.65. The van der Waals surface area contributed by atoms with Crippen molar-refractivity contribution >= 4 is 17.8 Å². The molecule has 14 heavy (non-hydrogen) atoms. The van der Waals surface area contributed by atoms with E-state index < -0.39 is 23.4 Å². The van der Waals surface area contributed by atoms with E-state index in [1.54, 1.807) is 6.92 Å². The van der Waals surface area contributed by atoms with Gasteiger partial charge in [0, 0.05) is 5.54 Å². The molecule has 4 amide bonds. The molecule has 1 aliphatic heterocycles. The molecule has 1 fully saturated rings. The van der Waals surface area contributed by atoms with Gasteiger partial charge in [-0.3, -0.25) is 14.9 Å².